The number of hydrogen-bond donors (Lipinski definition) is 0. The lowest BCUT2D eigenvalue weighted by molar-refractivity contribution is 0.256. The second-order valence-corrected chi connectivity index (χ2v) is 8.90. The number of unbranched alkanes of at least 4 members (excludes halogenated alkanes) is 7. The van der Waals surface area contributed by atoms with Crippen LogP contribution in [-0.2, 0) is 0 Å². The van der Waals surface area contributed by atoms with Gasteiger partial charge in [0.2, 0.25) is 0 Å². The fraction of sp³-hybridized carbons (Fsp3) is 0.536. The molecule has 0 saturated heterocycles. The largest absolute Gasteiger partial charge is 0.494 e. The molecule has 2 aromatic carbocycles. The van der Waals surface area contributed by atoms with Crippen molar-refractivity contribution >= 4 is 17.3 Å². The second-order valence-electron chi connectivity index (χ2n) is 8.53. The minimum Gasteiger partial charge on any atom is -0.494 e. The van der Waals surface area contributed by atoms with Gasteiger partial charge in [-0.15, -0.1) is 0 Å². The van der Waals surface area contributed by atoms with Crippen LogP contribution >= 0.6 is 12.2 Å². The van der Waals surface area contributed by atoms with Gasteiger partial charge in [-0.25, -0.2) is 0 Å². The van der Waals surface area contributed by atoms with Gasteiger partial charge in [0.1, 0.15) is 17.2 Å². The average molecular weight is 457 g/mol. The Morgan fingerprint density at radius 1 is 0.719 bits per heavy atom. The van der Waals surface area contributed by atoms with Crippen LogP contribution in [-0.4, -0.2) is 18.3 Å². The first-order valence-electron chi connectivity index (χ1n) is 12.3. The molecule has 1 atom stereocenters. The van der Waals surface area contributed by atoms with Gasteiger partial charge in [0.15, 0.2) is 5.05 Å². The molecule has 0 radical (unpaired) electrons. The van der Waals surface area contributed by atoms with Crippen LogP contribution in [0.4, 0.5) is 0 Å². The van der Waals surface area contributed by atoms with Gasteiger partial charge in [0.05, 0.1) is 13.2 Å². The third-order valence-electron chi connectivity index (χ3n) is 5.62. The van der Waals surface area contributed by atoms with E-state index in [0.717, 1.165) is 43.1 Å². The van der Waals surface area contributed by atoms with Gasteiger partial charge in [-0.3, -0.25) is 0 Å². The normalized spacial score (nSPS) is 11.7. The SMILES string of the molecule is CCCCCCCCCCOc1ccc(C(=S)Oc2ccc(OC[C@@H](C)CC)cc2)cc1. The van der Waals surface area contributed by atoms with Crippen LogP contribution in [0.1, 0.15) is 84.1 Å². The first-order valence-corrected chi connectivity index (χ1v) is 12.7. The van der Waals surface area contributed by atoms with E-state index in [0.29, 0.717) is 16.7 Å². The molecule has 0 spiro atoms. The van der Waals surface area contributed by atoms with Crippen molar-refractivity contribution < 1.29 is 14.2 Å². The molecular formula is C28H40O3S. The predicted octanol–water partition coefficient (Wildman–Crippen LogP) is 8.39. The first-order chi connectivity index (χ1) is 15.6. The molecule has 0 N–H and O–H groups in total. The smallest absolute Gasteiger partial charge is 0.198 e. The van der Waals surface area contributed by atoms with Gasteiger partial charge in [-0.1, -0.05) is 72.1 Å². The Balaban J connectivity index is 1.67. The highest BCUT2D eigenvalue weighted by Crippen LogP contribution is 2.21. The molecule has 0 unspecified atom stereocenters. The van der Waals surface area contributed by atoms with Crippen LogP contribution in [0.5, 0.6) is 17.2 Å². The summed E-state index contributed by atoms with van der Waals surface area (Å²) >= 11 is 5.46. The lowest BCUT2D eigenvalue weighted by atomic mass is 10.1. The van der Waals surface area contributed by atoms with E-state index in [9.17, 15) is 0 Å². The summed E-state index contributed by atoms with van der Waals surface area (Å²) in [4.78, 5) is 0. The van der Waals surface area contributed by atoms with Crippen molar-refractivity contribution in [2.45, 2.75) is 78.6 Å². The topological polar surface area (TPSA) is 27.7 Å². The van der Waals surface area contributed by atoms with Crippen molar-refractivity contribution in [2.24, 2.45) is 5.92 Å². The Morgan fingerprint density at radius 2 is 1.25 bits per heavy atom. The van der Waals surface area contributed by atoms with Gasteiger partial charge in [-0.2, -0.15) is 0 Å². The number of ether oxygens (including phenoxy) is 3. The van der Waals surface area contributed by atoms with Crippen molar-refractivity contribution in [3.63, 3.8) is 0 Å². The molecule has 2 aromatic rings. The van der Waals surface area contributed by atoms with Crippen molar-refractivity contribution in [3.05, 3.63) is 54.1 Å². The molecule has 2 rings (SSSR count). The molecule has 4 heteroatoms. The van der Waals surface area contributed by atoms with Crippen LogP contribution in [0.2, 0.25) is 0 Å². The first kappa shape index (κ1) is 26.2. The zero-order valence-electron chi connectivity index (χ0n) is 20.1. The van der Waals surface area contributed by atoms with Crippen LogP contribution in [0.25, 0.3) is 0 Å². The zero-order valence-corrected chi connectivity index (χ0v) is 20.9. The average Bonchev–Trinajstić information content (AvgIpc) is 2.82. The highest BCUT2D eigenvalue weighted by atomic mass is 32.1. The molecule has 176 valence electrons. The van der Waals surface area contributed by atoms with E-state index in [1.807, 2.05) is 48.5 Å². The van der Waals surface area contributed by atoms with Crippen LogP contribution in [0.3, 0.4) is 0 Å². The second kappa shape index (κ2) is 15.7. The maximum absolute atomic E-state index is 5.87. The number of thiocarbonyl (C=S) groups is 1. The Kier molecular flexibility index (Phi) is 12.8. The van der Waals surface area contributed by atoms with Crippen LogP contribution < -0.4 is 14.2 Å². The fourth-order valence-corrected chi connectivity index (χ4v) is 3.47. The minimum atomic E-state index is 0.452. The molecule has 32 heavy (non-hydrogen) atoms. The zero-order chi connectivity index (χ0) is 23.0. The van der Waals surface area contributed by atoms with E-state index in [1.165, 1.54) is 44.9 Å². The van der Waals surface area contributed by atoms with Gasteiger partial charge >= 0.3 is 0 Å². The van der Waals surface area contributed by atoms with Crippen LogP contribution in [0.15, 0.2) is 48.5 Å². The van der Waals surface area contributed by atoms with E-state index in [1.54, 1.807) is 0 Å². The fourth-order valence-electron chi connectivity index (χ4n) is 3.24. The molecule has 3 nitrogen and oxygen atoms in total. The van der Waals surface area contributed by atoms with Gasteiger partial charge in [0.25, 0.3) is 0 Å². The molecular weight excluding hydrogens is 416 g/mol. The molecule has 0 saturated carbocycles. The molecule has 0 aromatic heterocycles. The third-order valence-corrected chi connectivity index (χ3v) is 5.94. The summed E-state index contributed by atoms with van der Waals surface area (Å²) in [6.45, 7) is 8.10. The van der Waals surface area contributed by atoms with Crippen LogP contribution in [0, 0.1) is 5.92 Å². The molecule has 0 aliphatic carbocycles. The molecule has 0 amide bonds. The molecule has 0 bridgehead atoms. The van der Waals surface area contributed by atoms with Gasteiger partial charge < -0.3 is 14.2 Å². The summed E-state index contributed by atoms with van der Waals surface area (Å²) in [6.07, 6.45) is 11.5. The Labute approximate surface area is 200 Å². The monoisotopic (exact) mass is 456 g/mol. The van der Waals surface area contributed by atoms with E-state index in [-0.39, 0.29) is 0 Å². The van der Waals surface area contributed by atoms with Crippen molar-refractivity contribution in [1.82, 2.24) is 0 Å². The number of rotatable bonds is 16. The quantitative estimate of drug-likeness (QED) is 0.187. The predicted molar refractivity (Wildman–Crippen MR) is 138 cm³/mol. The van der Waals surface area contributed by atoms with Crippen molar-refractivity contribution in [1.29, 1.82) is 0 Å². The maximum Gasteiger partial charge on any atom is 0.198 e. The summed E-state index contributed by atoms with van der Waals surface area (Å²) in [7, 11) is 0. The maximum atomic E-state index is 5.87. The Hall–Kier alpha value is -2.07. The van der Waals surface area contributed by atoms with E-state index >= 15 is 0 Å². The van der Waals surface area contributed by atoms with E-state index in [4.69, 9.17) is 26.4 Å². The molecule has 0 aliphatic rings. The summed E-state index contributed by atoms with van der Waals surface area (Å²) in [5.74, 6) is 2.98. The molecule has 0 aliphatic heterocycles. The van der Waals surface area contributed by atoms with E-state index < -0.39 is 0 Å². The lowest BCUT2D eigenvalue weighted by Gasteiger charge is -2.12. The number of hydrogen-bond acceptors (Lipinski definition) is 4. The standard InChI is InChI=1S/C28H40O3S/c1-4-6-7-8-9-10-11-12-21-29-25-15-13-24(14-16-25)28(32)31-27-19-17-26(18-20-27)30-22-23(3)5-2/h13-20,23H,4-12,21-22H2,1-3H3/t23-/m0/s1. The minimum absolute atomic E-state index is 0.452. The number of benzene rings is 2. The molecule has 0 fully saturated rings. The highest BCUT2D eigenvalue weighted by molar-refractivity contribution is 7.80. The summed E-state index contributed by atoms with van der Waals surface area (Å²) in [5, 5.41) is 0.452. The highest BCUT2D eigenvalue weighted by Gasteiger charge is 2.06. The van der Waals surface area contributed by atoms with Gasteiger partial charge in [-0.05, 0) is 73.1 Å². The summed E-state index contributed by atoms with van der Waals surface area (Å²) in [6, 6.07) is 15.4. The van der Waals surface area contributed by atoms with E-state index in [2.05, 4.69) is 20.8 Å². The lowest BCUT2D eigenvalue weighted by Crippen LogP contribution is -2.08. The summed E-state index contributed by atoms with van der Waals surface area (Å²) in [5.41, 5.74) is 0.872. The molecule has 0 heterocycles. The summed E-state index contributed by atoms with van der Waals surface area (Å²) < 4.78 is 17.5. The van der Waals surface area contributed by atoms with Crippen molar-refractivity contribution in [3.8, 4) is 17.2 Å². The van der Waals surface area contributed by atoms with Crippen molar-refractivity contribution in [2.75, 3.05) is 13.2 Å². The third kappa shape index (κ3) is 10.5. The Morgan fingerprint density at radius 3 is 1.88 bits per heavy atom. The Bertz CT molecular complexity index is 755. The van der Waals surface area contributed by atoms with Gasteiger partial charge in [0, 0.05) is 5.56 Å².